The van der Waals surface area contributed by atoms with Crippen molar-refractivity contribution in [3.63, 3.8) is 0 Å². The minimum atomic E-state index is -3.32. The molecular formula is C16H15N3O4S2. The lowest BCUT2D eigenvalue weighted by molar-refractivity contribution is -0.116. The highest BCUT2D eigenvalue weighted by molar-refractivity contribution is 7.90. The molecule has 3 aromatic rings. The number of benzene rings is 1. The molecule has 1 amide bonds. The summed E-state index contributed by atoms with van der Waals surface area (Å²) in [7, 11) is -3.32. The Kier molecular flexibility index (Phi) is 4.95. The van der Waals surface area contributed by atoms with Crippen LogP contribution in [0.3, 0.4) is 0 Å². The second kappa shape index (κ2) is 7.16. The van der Waals surface area contributed by atoms with E-state index in [0.29, 0.717) is 23.8 Å². The Morgan fingerprint density at radius 1 is 1.28 bits per heavy atom. The summed E-state index contributed by atoms with van der Waals surface area (Å²) in [5, 5.41) is 8.47. The van der Waals surface area contributed by atoms with Crippen LogP contribution in [-0.2, 0) is 21.1 Å². The number of carbonyl (C=O) groups excluding carboxylic acids is 1. The summed E-state index contributed by atoms with van der Waals surface area (Å²) >= 11 is 1.51. The molecule has 0 spiro atoms. The maximum absolute atomic E-state index is 12.0. The normalized spacial score (nSPS) is 11.4. The quantitative estimate of drug-likeness (QED) is 0.709. The first-order chi connectivity index (χ1) is 11.9. The molecule has 3 rings (SSSR count). The van der Waals surface area contributed by atoms with Crippen molar-refractivity contribution in [1.82, 2.24) is 10.1 Å². The van der Waals surface area contributed by atoms with Crippen LogP contribution in [-0.4, -0.2) is 30.7 Å². The first kappa shape index (κ1) is 17.3. The molecule has 0 saturated heterocycles. The lowest BCUT2D eigenvalue weighted by atomic mass is 10.2. The summed E-state index contributed by atoms with van der Waals surface area (Å²) in [6, 6.07) is 9.91. The van der Waals surface area contributed by atoms with Gasteiger partial charge in [0.1, 0.15) is 0 Å². The molecule has 7 nitrogen and oxygen atoms in total. The van der Waals surface area contributed by atoms with Gasteiger partial charge in [-0.25, -0.2) is 8.42 Å². The third kappa shape index (κ3) is 4.52. The number of hydrogen-bond acceptors (Lipinski definition) is 7. The molecule has 1 N–H and O–H groups in total. The number of nitrogens with one attached hydrogen (secondary N) is 1. The Labute approximate surface area is 148 Å². The fraction of sp³-hybridized carbons (Fsp3) is 0.188. The van der Waals surface area contributed by atoms with E-state index in [4.69, 9.17) is 4.52 Å². The molecule has 0 aliphatic carbocycles. The monoisotopic (exact) mass is 377 g/mol. The lowest BCUT2D eigenvalue weighted by Gasteiger charge is -2.06. The number of aromatic nitrogens is 2. The number of hydrogen-bond donors (Lipinski definition) is 1. The Morgan fingerprint density at radius 3 is 2.84 bits per heavy atom. The van der Waals surface area contributed by atoms with Gasteiger partial charge in [0.05, 0.1) is 9.77 Å². The van der Waals surface area contributed by atoms with Crippen LogP contribution in [0.5, 0.6) is 0 Å². The van der Waals surface area contributed by atoms with Crippen LogP contribution in [0.4, 0.5) is 5.69 Å². The molecule has 2 heterocycles. The van der Waals surface area contributed by atoms with E-state index in [1.54, 1.807) is 12.1 Å². The number of thiophene rings is 1. The molecule has 0 aliphatic heterocycles. The third-order valence-corrected chi connectivity index (χ3v) is 5.30. The van der Waals surface area contributed by atoms with Gasteiger partial charge in [-0.15, -0.1) is 11.3 Å². The highest BCUT2D eigenvalue weighted by atomic mass is 32.2. The van der Waals surface area contributed by atoms with Crippen LogP contribution < -0.4 is 5.32 Å². The molecule has 9 heteroatoms. The minimum Gasteiger partial charge on any atom is -0.339 e. The highest BCUT2D eigenvalue weighted by Gasteiger charge is 2.12. The molecule has 25 heavy (non-hydrogen) atoms. The Balaban J connectivity index is 1.58. The van der Waals surface area contributed by atoms with Crippen molar-refractivity contribution in [2.75, 3.05) is 11.6 Å². The molecule has 0 unspecified atom stereocenters. The zero-order valence-electron chi connectivity index (χ0n) is 13.3. The molecule has 0 radical (unpaired) electrons. The van der Waals surface area contributed by atoms with Crippen molar-refractivity contribution >= 4 is 32.8 Å². The van der Waals surface area contributed by atoms with Crippen molar-refractivity contribution in [2.24, 2.45) is 0 Å². The zero-order valence-corrected chi connectivity index (χ0v) is 14.9. The Hall–Kier alpha value is -2.52. The van der Waals surface area contributed by atoms with E-state index in [0.717, 1.165) is 11.1 Å². The van der Waals surface area contributed by atoms with Crippen molar-refractivity contribution < 1.29 is 17.7 Å². The molecule has 0 atom stereocenters. The molecule has 0 fully saturated rings. The fourth-order valence-corrected chi connectivity index (χ4v) is 3.43. The van der Waals surface area contributed by atoms with Gasteiger partial charge >= 0.3 is 0 Å². The van der Waals surface area contributed by atoms with Crippen molar-refractivity contribution in [1.29, 1.82) is 0 Å². The van der Waals surface area contributed by atoms with E-state index in [1.807, 2.05) is 17.5 Å². The van der Waals surface area contributed by atoms with Gasteiger partial charge in [0.15, 0.2) is 9.84 Å². The van der Waals surface area contributed by atoms with Crippen molar-refractivity contribution in [3.05, 3.63) is 47.7 Å². The first-order valence-corrected chi connectivity index (χ1v) is 10.2. The van der Waals surface area contributed by atoms with E-state index in [-0.39, 0.29) is 17.2 Å². The largest absolute Gasteiger partial charge is 0.339 e. The number of rotatable bonds is 6. The summed E-state index contributed by atoms with van der Waals surface area (Å²) in [5.41, 5.74) is 0.428. The average Bonchev–Trinajstić information content (AvgIpc) is 3.24. The number of aryl methyl sites for hydroxylation is 1. The summed E-state index contributed by atoms with van der Waals surface area (Å²) in [6.07, 6.45) is 1.57. The predicted molar refractivity (Wildman–Crippen MR) is 94.1 cm³/mol. The number of sulfone groups is 1. The van der Waals surface area contributed by atoms with Gasteiger partial charge in [-0.05, 0) is 29.6 Å². The van der Waals surface area contributed by atoms with Crippen LogP contribution in [0, 0.1) is 0 Å². The number of anilines is 1. The van der Waals surface area contributed by atoms with Gasteiger partial charge in [0, 0.05) is 24.8 Å². The van der Waals surface area contributed by atoms with E-state index < -0.39 is 9.84 Å². The van der Waals surface area contributed by atoms with E-state index in [2.05, 4.69) is 15.5 Å². The maximum atomic E-state index is 12.0. The van der Waals surface area contributed by atoms with Gasteiger partial charge in [-0.1, -0.05) is 17.3 Å². The third-order valence-electron chi connectivity index (χ3n) is 3.32. The second-order valence-corrected chi connectivity index (χ2v) is 8.30. The predicted octanol–water partition coefficient (Wildman–Crippen LogP) is 2.77. The van der Waals surface area contributed by atoms with Crippen LogP contribution in [0.15, 0.2) is 51.2 Å². The smallest absolute Gasteiger partial charge is 0.227 e. The van der Waals surface area contributed by atoms with Crippen LogP contribution >= 0.6 is 11.3 Å². The van der Waals surface area contributed by atoms with E-state index >= 15 is 0 Å². The van der Waals surface area contributed by atoms with Crippen LogP contribution in [0.1, 0.15) is 12.3 Å². The molecule has 0 saturated carbocycles. The van der Waals surface area contributed by atoms with E-state index in [9.17, 15) is 13.2 Å². The SMILES string of the molecule is CS(=O)(=O)c1cccc(NC(=O)CCc2nc(-c3cccs3)no2)c1. The summed E-state index contributed by atoms with van der Waals surface area (Å²) in [4.78, 5) is 17.3. The summed E-state index contributed by atoms with van der Waals surface area (Å²) < 4.78 is 28.2. The van der Waals surface area contributed by atoms with Gasteiger partial charge < -0.3 is 9.84 Å². The minimum absolute atomic E-state index is 0.148. The summed E-state index contributed by atoms with van der Waals surface area (Å²) in [5.74, 6) is 0.622. The molecule has 0 aliphatic rings. The number of carbonyl (C=O) groups is 1. The second-order valence-electron chi connectivity index (χ2n) is 5.34. The van der Waals surface area contributed by atoms with Crippen molar-refractivity contribution in [3.8, 4) is 10.7 Å². The van der Waals surface area contributed by atoms with E-state index in [1.165, 1.54) is 23.5 Å². The number of nitrogens with zero attached hydrogens (tertiary/aromatic N) is 2. The molecule has 1 aromatic carbocycles. The van der Waals surface area contributed by atoms with Crippen molar-refractivity contribution in [2.45, 2.75) is 17.7 Å². The van der Waals surface area contributed by atoms with Gasteiger partial charge in [-0.2, -0.15) is 4.98 Å². The van der Waals surface area contributed by atoms with Crippen LogP contribution in [0.25, 0.3) is 10.7 Å². The zero-order chi connectivity index (χ0) is 17.9. The van der Waals surface area contributed by atoms with Gasteiger partial charge in [-0.3, -0.25) is 4.79 Å². The highest BCUT2D eigenvalue weighted by Crippen LogP contribution is 2.21. The fourth-order valence-electron chi connectivity index (χ4n) is 2.11. The maximum Gasteiger partial charge on any atom is 0.227 e. The van der Waals surface area contributed by atoms with Gasteiger partial charge in [0.25, 0.3) is 0 Å². The Morgan fingerprint density at radius 2 is 2.12 bits per heavy atom. The topological polar surface area (TPSA) is 102 Å². The molecule has 2 aromatic heterocycles. The number of amides is 1. The Bertz CT molecular complexity index is 978. The molecule has 0 bridgehead atoms. The lowest BCUT2D eigenvalue weighted by Crippen LogP contribution is -2.12. The molecule has 130 valence electrons. The summed E-state index contributed by atoms with van der Waals surface area (Å²) in [6.45, 7) is 0. The van der Waals surface area contributed by atoms with Gasteiger partial charge in [0.2, 0.25) is 17.6 Å². The standard InChI is InChI=1S/C16H15N3O4S2/c1-25(21,22)12-5-2-4-11(10-12)17-14(20)7-8-15-18-16(19-23-15)13-6-3-9-24-13/h2-6,9-10H,7-8H2,1H3,(H,17,20). The van der Waals surface area contributed by atoms with Crippen LogP contribution in [0.2, 0.25) is 0 Å². The molecular weight excluding hydrogens is 362 g/mol. The first-order valence-electron chi connectivity index (χ1n) is 7.38. The average molecular weight is 377 g/mol.